The molecule has 22 heavy (non-hydrogen) atoms. The Balaban J connectivity index is 1.70. The van der Waals surface area contributed by atoms with Crippen LogP contribution in [-0.2, 0) is 0 Å². The number of aryl methyl sites for hydroxylation is 1. The summed E-state index contributed by atoms with van der Waals surface area (Å²) in [4.78, 5) is 0. The molecule has 4 nitrogen and oxygen atoms in total. The van der Waals surface area contributed by atoms with Crippen LogP contribution in [0.25, 0.3) is 0 Å². The van der Waals surface area contributed by atoms with Crippen molar-refractivity contribution in [1.82, 2.24) is 0 Å². The lowest BCUT2D eigenvalue weighted by Gasteiger charge is -2.20. The van der Waals surface area contributed by atoms with Gasteiger partial charge in [-0.2, -0.15) is 0 Å². The first-order valence-corrected chi connectivity index (χ1v) is 7.58. The summed E-state index contributed by atoms with van der Waals surface area (Å²) in [5.41, 5.74) is 8.31. The van der Waals surface area contributed by atoms with Gasteiger partial charge in [-0.05, 0) is 37.1 Å². The van der Waals surface area contributed by atoms with E-state index in [1.807, 2.05) is 48.5 Å². The van der Waals surface area contributed by atoms with Crippen molar-refractivity contribution in [3.05, 3.63) is 60.2 Å². The fourth-order valence-electron chi connectivity index (χ4n) is 2.16. The van der Waals surface area contributed by atoms with E-state index in [1.54, 1.807) is 0 Å². The highest BCUT2D eigenvalue weighted by Gasteiger charge is 2.15. The molecule has 4 N–H and O–H groups in total. The van der Waals surface area contributed by atoms with Crippen LogP contribution in [0.15, 0.2) is 54.6 Å². The first-order chi connectivity index (χ1) is 10.7. The lowest BCUT2D eigenvalue weighted by atomic mass is 10.1. The number of hydrogen-bond donors (Lipinski definition) is 3. The average Bonchev–Trinajstić information content (AvgIpc) is 2.55. The molecule has 0 saturated carbocycles. The molecule has 0 amide bonds. The van der Waals surface area contributed by atoms with Gasteiger partial charge in [0.1, 0.15) is 18.5 Å². The van der Waals surface area contributed by atoms with Gasteiger partial charge in [0.15, 0.2) is 0 Å². The minimum Gasteiger partial charge on any atom is -0.491 e. The Kier molecular flexibility index (Phi) is 6.25. The van der Waals surface area contributed by atoms with Gasteiger partial charge in [0.25, 0.3) is 0 Å². The molecular formula is C18H24N2O2. The number of ether oxygens (including phenoxy) is 1. The van der Waals surface area contributed by atoms with Gasteiger partial charge < -0.3 is 20.9 Å². The van der Waals surface area contributed by atoms with Crippen LogP contribution >= 0.6 is 0 Å². The first-order valence-electron chi connectivity index (χ1n) is 7.58. The number of benzene rings is 2. The van der Waals surface area contributed by atoms with Crippen molar-refractivity contribution >= 4 is 5.69 Å². The molecule has 2 unspecified atom stereocenters. The quantitative estimate of drug-likeness (QED) is 0.701. The second-order valence-electron chi connectivity index (χ2n) is 5.39. The lowest BCUT2D eigenvalue weighted by Crippen LogP contribution is -2.40. The van der Waals surface area contributed by atoms with E-state index in [0.29, 0.717) is 13.0 Å². The molecule has 0 bridgehead atoms. The van der Waals surface area contributed by atoms with E-state index in [9.17, 15) is 5.11 Å². The second-order valence-corrected chi connectivity index (χ2v) is 5.39. The summed E-state index contributed by atoms with van der Waals surface area (Å²) in [7, 11) is 0. The smallest absolute Gasteiger partial charge is 0.119 e. The van der Waals surface area contributed by atoms with E-state index in [2.05, 4.69) is 18.3 Å². The summed E-state index contributed by atoms with van der Waals surface area (Å²) in [5, 5.41) is 13.4. The SMILES string of the molecule is Cc1ccccc1NCCC(N)C(O)COc1ccccc1. The van der Waals surface area contributed by atoms with Gasteiger partial charge in [0.05, 0.1) is 0 Å². The summed E-state index contributed by atoms with van der Waals surface area (Å²) < 4.78 is 5.52. The van der Waals surface area contributed by atoms with Gasteiger partial charge in [0, 0.05) is 18.3 Å². The Morgan fingerprint density at radius 1 is 1.09 bits per heavy atom. The number of anilines is 1. The molecule has 0 aliphatic carbocycles. The van der Waals surface area contributed by atoms with Crippen molar-refractivity contribution in [1.29, 1.82) is 0 Å². The summed E-state index contributed by atoms with van der Waals surface area (Å²) in [6, 6.07) is 17.2. The van der Waals surface area contributed by atoms with Crippen LogP contribution in [0.3, 0.4) is 0 Å². The summed E-state index contributed by atoms with van der Waals surface area (Å²) in [6.07, 6.45) is -0.00734. The molecule has 0 aliphatic heterocycles. The molecule has 0 heterocycles. The van der Waals surface area contributed by atoms with Crippen LogP contribution in [0.1, 0.15) is 12.0 Å². The predicted octanol–water partition coefficient (Wildman–Crippen LogP) is 2.56. The van der Waals surface area contributed by atoms with Crippen LogP contribution in [-0.4, -0.2) is 30.4 Å². The number of hydrogen-bond acceptors (Lipinski definition) is 4. The maximum Gasteiger partial charge on any atom is 0.119 e. The van der Waals surface area contributed by atoms with Gasteiger partial charge in [-0.1, -0.05) is 36.4 Å². The van der Waals surface area contributed by atoms with Gasteiger partial charge >= 0.3 is 0 Å². The predicted molar refractivity (Wildman–Crippen MR) is 90.2 cm³/mol. The maximum absolute atomic E-state index is 10.1. The molecule has 0 spiro atoms. The van der Waals surface area contributed by atoms with Gasteiger partial charge in [-0.25, -0.2) is 0 Å². The highest BCUT2D eigenvalue weighted by molar-refractivity contribution is 5.50. The number of nitrogens with two attached hydrogens (primary N) is 1. The molecule has 0 radical (unpaired) electrons. The summed E-state index contributed by atoms with van der Waals surface area (Å²) >= 11 is 0. The van der Waals surface area contributed by atoms with Crippen LogP contribution in [0.2, 0.25) is 0 Å². The van der Waals surface area contributed by atoms with Crippen LogP contribution in [0.5, 0.6) is 5.75 Å². The monoisotopic (exact) mass is 300 g/mol. The zero-order valence-electron chi connectivity index (χ0n) is 12.9. The molecule has 2 aromatic carbocycles. The molecular weight excluding hydrogens is 276 g/mol. The van der Waals surface area contributed by atoms with Crippen molar-refractivity contribution in [2.45, 2.75) is 25.5 Å². The number of aliphatic hydroxyl groups is 1. The summed E-state index contributed by atoms with van der Waals surface area (Å²) in [6.45, 7) is 2.98. The third-order valence-corrected chi connectivity index (χ3v) is 3.60. The molecule has 0 aromatic heterocycles. The Morgan fingerprint density at radius 3 is 2.50 bits per heavy atom. The van der Waals surface area contributed by atoms with Crippen molar-refractivity contribution < 1.29 is 9.84 Å². The standard InChI is InChI=1S/C18H24N2O2/c1-14-7-5-6-10-17(14)20-12-11-16(19)18(21)13-22-15-8-3-2-4-9-15/h2-10,16,18,20-21H,11-13,19H2,1H3. The van der Waals surface area contributed by atoms with E-state index in [1.165, 1.54) is 5.56 Å². The zero-order chi connectivity index (χ0) is 15.8. The second kappa shape index (κ2) is 8.41. The van der Waals surface area contributed by atoms with E-state index in [-0.39, 0.29) is 12.6 Å². The summed E-state index contributed by atoms with van der Waals surface area (Å²) in [5.74, 6) is 0.742. The largest absolute Gasteiger partial charge is 0.491 e. The van der Waals surface area contributed by atoms with Crippen molar-refractivity contribution in [2.24, 2.45) is 5.73 Å². The Morgan fingerprint density at radius 2 is 1.77 bits per heavy atom. The average molecular weight is 300 g/mol. The normalized spacial score (nSPS) is 13.4. The molecule has 118 valence electrons. The Bertz CT molecular complexity index is 560. The Labute approximate surface area is 131 Å². The van der Waals surface area contributed by atoms with Gasteiger partial charge in [-0.15, -0.1) is 0 Å². The number of para-hydroxylation sites is 2. The van der Waals surface area contributed by atoms with Crippen LogP contribution in [0, 0.1) is 6.92 Å². The third kappa shape index (κ3) is 5.06. The number of rotatable bonds is 8. The number of nitrogens with one attached hydrogen (secondary N) is 1. The highest BCUT2D eigenvalue weighted by Crippen LogP contribution is 2.13. The molecule has 2 aromatic rings. The van der Waals surface area contributed by atoms with E-state index >= 15 is 0 Å². The third-order valence-electron chi connectivity index (χ3n) is 3.60. The zero-order valence-corrected chi connectivity index (χ0v) is 12.9. The molecule has 0 aliphatic rings. The first kappa shape index (κ1) is 16.3. The molecule has 0 fully saturated rings. The van der Waals surface area contributed by atoms with Crippen LogP contribution < -0.4 is 15.8 Å². The molecule has 2 rings (SSSR count). The topological polar surface area (TPSA) is 67.5 Å². The van der Waals surface area contributed by atoms with Crippen molar-refractivity contribution in [3.63, 3.8) is 0 Å². The molecule has 2 atom stereocenters. The van der Waals surface area contributed by atoms with E-state index in [4.69, 9.17) is 10.5 Å². The van der Waals surface area contributed by atoms with Crippen molar-refractivity contribution in [3.8, 4) is 5.75 Å². The molecule has 0 saturated heterocycles. The van der Waals surface area contributed by atoms with Gasteiger partial charge in [-0.3, -0.25) is 0 Å². The lowest BCUT2D eigenvalue weighted by molar-refractivity contribution is 0.0836. The minimum absolute atomic E-state index is 0.204. The van der Waals surface area contributed by atoms with Crippen molar-refractivity contribution in [2.75, 3.05) is 18.5 Å². The van der Waals surface area contributed by atoms with E-state index in [0.717, 1.165) is 11.4 Å². The van der Waals surface area contributed by atoms with Gasteiger partial charge in [0.2, 0.25) is 0 Å². The fraction of sp³-hybridized carbons (Fsp3) is 0.333. The number of aliphatic hydroxyl groups excluding tert-OH is 1. The minimum atomic E-state index is -0.682. The maximum atomic E-state index is 10.1. The molecule has 4 heteroatoms. The van der Waals surface area contributed by atoms with Crippen LogP contribution in [0.4, 0.5) is 5.69 Å². The fourth-order valence-corrected chi connectivity index (χ4v) is 2.16. The van der Waals surface area contributed by atoms with E-state index < -0.39 is 6.10 Å². The Hall–Kier alpha value is -2.04. The highest BCUT2D eigenvalue weighted by atomic mass is 16.5.